The summed E-state index contributed by atoms with van der Waals surface area (Å²) in [6.07, 6.45) is 5.21. The van der Waals surface area contributed by atoms with Crippen molar-refractivity contribution in [3.63, 3.8) is 0 Å². The van der Waals surface area contributed by atoms with Crippen molar-refractivity contribution in [1.29, 1.82) is 0 Å². The highest BCUT2D eigenvalue weighted by Gasteiger charge is 2.42. The molecule has 4 unspecified atom stereocenters. The largest absolute Gasteiger partial charge is 0.481 e. The SMILES string of the molecule is CC(NC(=O)COc1ccc(Br)cc1F)C1CC2CCC1C2. The van der Waals surface area contributed by atoms with E-state index < -0.39 is 5.82 Å². The van der Waals surface area contributed by atoms with Crippen molar-refractivity contribution in [3.8, 4) is 5.75 Å². The lowest BCUT2D eigenvalue weighted by molar-refractivity contribution is -0.124. The van der Waals surface area contributed by atoms with Crippen molar-refractivity contribution in [2.75, 3.05) is 6.61 Å². The number of hydrogen-bond acceptors (Lipinski definition) is 2. The molecule has 2 saturated carbocycles. The van der Waals surface area contributed by atoms with Crippen LogP contribution in [0.1, 0.15) is 32.6 Å². The van der Waals surface area contributed by atoms with Gasteiger partial charge in [-0.1, -0.05) is 22.4 Å². The monoisotopic (exact) mass is 369 g/mol. The van der Waals surface area contributed by atoms with Crippen LogP contribution >= 0.6 is 15.9 Å². The molecule has 1 aromatic carbocycles. The number of nitrogens with one attached hydrogen (secondary N) is 1. The van der Waals surface area contributed by atoms with E-state index in [9.17, 15) is 9.18 Å². The molecular formula is C17H21BrFNO2. The topological polar surface area (TPSA) is 38.3 Å². The fraction of sp³-hybridized carbons (Fsp3) is 0.588. The molecule has 2 aliphatic carbocycles. The van der Waals surface area contributed by atoms with Crippen LogP contribution in [0, 0.1) is 23.6 Å². The summed E-state index contributed by atoms with van der Waals surface area (Å²) in [6, 6.07) is 4.70. The average Bonchev–Trinajstić information content (AvgIpc) is 3.09. The Morgan fingerprint density at radius 2 is 2.27 bits per heavy atom. The molecule has 3 nitrogen and oxygen atoms in total. The molecule has 2 bridgehead atoms. The third-order valence-corrected chi connectivity index (χ3v) is 5.57. The van der Waals surface area contributed by atoms with Crippen LogP contribution in [0.2, 0.25) is 0 Å². The highest BCUT2D eigenvalue weighted by Crippen LogP contribution is 2.49. The summed E-state index contributed by atoms with van der Waals surface area (Å²) in [6.45, 7) is 1.92. The minimum atomic E-state index is -0.469. The van der Waals surface area contributed by atoms with Crippen LogP contribution in [-0.4, -0.2) is 18.6 Å². The van der Waals surface area contributed by atoms with E-state index in [2.05, 4.69) is 28.2 Å². The van der Waals surface area contributed by atoms with Crippen molar-refractivity contribution in [3.05, 3.63) is 28.5 Å². The van der Waals surface area contributed by atoms with E-state index >= 15 is 0 Å². The lowest BCUT2D eigenvalue weighted by atomic mass is 9.84. The summed E-state index contributed by atoms with van der Waals surface area (Å²) in [7, 11) is 0. The van der Waals surface area contributed by atoms with Gasteiger partial charge in [0.2, 0.25) is 0 Å². The summed E-state index contributed by atoms with van der Waals surface area (Å²) in [5, 5.41) is 3.01. The second-order valence-corrected chi connectivity index (χ2v) is 7.47. The minimum Gasteiger partial charge on any atom is -0.481 e. The zero-order chi connectivity index (χ0) is 15.7. The Morgan fingerprint density at radius 1 is 1.45 bits per heavy atom. The molecule has 4 atom stereocenters. The molecular weight excluding hydrogens is 349 g/mol. The van der Waals surface area contributed by atoms with Crippen molar-refractivity contribution in [2.24, 2.45) is 17.8 Å². The number of fused-ring (bicyclic) bond motifs is 2. The molecule has 2 fully saturated rings. The highest BCUT2D eigenvalue weighted by molar-refractivity contribution is 9.10. The smallest absolute Gasteiger partial charge is 0.258 e. The van der Waals surface area contributed by atoms with Crippen LogP contribution in [-0.2, 0) is 4.79 Å². The van der Waals surface area contributed by atoms with E-state index in [0.717, 1.165) is 11.8 Å². The Kier molecular flexibility index (Phi) is 4.71. The first-order valence-electron chi connectivity index (χ1n) is 7.90. The number of rotatable bonds is 5. The predicted molar refractivity (Wildman–Crippen MR) is 86.1 cm³/mol. The van der Waals surface area contributed by atoms with Gasteiger partial charge in [0.05, 0.1) is 0 Å². The standard InChI is InChI=1S/C17H21BrFNO2/c1-10(14-7-11-2-3-12(14)6-11)20-17(21)9-22-16-5-4-13(18)8-15(16)19/h4-5,8,10-12,14H,2-3,6-7,9H2,1H3,(H,20,21). The molecule has 1 amide bonds. The van der Waals surface area contributed by atoms with Gasteiger partial charge in [0, 0.05) is 10.5 Å². The van der Waals surface area contributed by atoms with Crippen LogP contribution in [0.4, 0.5) is 4.39 Å². The first-order chi connectivity index (χ1) is 10.5. The van der Waals surface area contributed by atoms with Gasteiger partial charge in [-0.05, 0) is 62.1 Å². The second kappa shape index (κ2) is 6.57. The molecule has 5 heteroatoms. The lowest BCUT2D eigenvalue weighted by Crippen LogP contribution is -2.42. The van der Waals surface area contributed by atoms with Crippen LogP contribution in [0.3, 0.4) is 0 Å². The van der Waals surface area contributed by atoms with Crippen LogP contribution in [0.25, 0.3) is 0 Å². The molecule has 0 spiro atoms. The number of hydrogen-bond donors (Lipinski definition) is 1. The normalized spacial score (nSPS) is 27.7. The molecule has 1 aromatic rings. The Morgan fingerprint density at radius 3 is 2.91 bits per heavy atom. The van der Waals surface area contributed by atoms with E-state index in [1.165, 1.54) is 37.8 Å². The zero-order valence-corrected chi connectivity index (χ0v) is 14.2. The third kappa shape index (κ3) is 3.45. The fourth-order valence-electron chi connectivity index (χ4n) is 4.04. The van der Waals surface area contributed by atoms with E-state index in [1.54, 1.807) is 6.07 Å². The Labute approximate surface area is 138 Å². The maximum Gasteiger partial charge on any atom is 0.258 e. The van der Waals surface area contributed by atoms with Gasteiger partial charge in [-0.2, -0.15) is 0 Å². The Balaban J connectivity index is 1.48. The summed E-state index contributed by atoms with van der Waals surface area (Å²) < 4.78 is 19.5. The number of carbonyl (C=O) groups excluding carboxylic acids is 1. The quantitative estimate of drug-likeness (QED) is 0.854. The first kappa shape index (κ1) is 15.8. The average molecular weight is 370 g/mol. The number of carbonyl (C=O) groups is 1. The van der Waals surface area contributed by atoms with Crippen molar-refractivity contribution in [1.82, 2.24) is 5.32 Å². The maximum atomic E-state index is 13.6. The molecule has 0 aromatic heterocycles. The Bertz CT molecular complexity index is 566. The van der Waals surface area contributed by atoms with Gasteiger partial charge in [-0.15, -0.1) is 0 Å². The van der Waals surface area contributed by atoms with Gasteiger partial charge in [-0.25, -0.2) is 4.39 Å². The van der Waals surface area contributed by atoms with Crippen LogP contribution in [0.15, 0.2) is 22.7 Å². The van der Waals surface area contributed by atoms with Gasteiger partial charge in [0.25, 0.3) is 5.91 Å². The van der Waals surface area contributed by atoms with Gasteiger partial charge < -0.3 is 10.1 Å². The molecule has 22 heavy (non-hydrogen) atoms. The minimum absolute atomic E-state index is 0.103. The molecule has 0 aliphatic heterocycles. The van der Waals surface area contributed by atoms with E-state index in [0.29, 0.717) is 10.4 Å². The van der Waals surface area contributed by atoms with Crippen LogP contribution in [0.5, 0.6) is 5.75 Å². The first-order valence-corrected chi connectivity index (χ1v) is 8.69. The molecule has 0 heterocycles. The van der Waals surface area contributed by atoms with Crippen molar-refractivity contribution in [2.45, 2.75) is 38.6 Å². The zero-order valence-electron chi connectivity index (χ0n) is 12.6. The fourth-order valence-corrected chi connectivity index (χ4v) is 4.38. The predicted octanol–water partition coefficient (Wildman–Crippen LogP) is 3.91. The molecule has 1 N–H and O–H groups in total. The molecule has 2 aliphatic rings. The maximum absolute atomic E-state index is 13.6. The molecule has 120 valence electrons. The van der Waals surface area contributed by atoms with Gasteiger partial charge in [0.15, 0.2) is 18.2 Å². The highest BCUT2D eigenvalue weighted by atomic mass is 79.9. The van der Waals surface area contributed by atoms with Crippen molar-refractivity contribution < 1.29 is 13.9 Å². The summed E-state index contributed by atoms with van der Waals surface area (Å²) >= 11 is 3.19. The lowest BCUT2D eigenvalue weighted by Gasteiger charge is -2.28. The summed E-state index contributed by atoms with van der Waals surface area (Å²) in [4.78, 5) is 12.0. The number of amides is 1. The van der Waals surface area contributed by atoms with Crippen molar-refractivity contribution >= 4 is 21.8 Å². The Hall–Kier alpha value is -1.10. The number of benzene rings is 1. The van der Waals surface area contributed by atoms with E-state index in [4.69, 9.17) is 4.74 Å². The van der Waals surface area contributed by atoms with E-state index in [1.807, 2.05) is 0 Å². The van der Waals surface area contributed by atoms with Gasteiger partial charge in [0.1, 0.15) is 0 Å². The molecule has 0 radical (unpaired) electrons. The number of halogens is 2. The molecule has 0 saturated heterocycles. The summed E-state index contributed by atoms with van der Waals surface area (Å²) in [5.74, 6) is 1.67. The second-order valence-electron chi connectivity index (χ2n) is 6.56. The summed E-state index contributed by atoms with van der Waals surface area (Å²) in [5.41, 5.74) is 0. The van der Waals surface area contributed by atoms with Crippen LogP contribution < -0.4 is 10.1 Å². The molecule has 3 rings (SSSR count). The van der Waals surface area contributed by atoms with E-state index in [-0.39, 0.29) is 24.3 Å². The third-order valence-electron chi connectivity index (χ3n) is 5.08. The number of ether oxygens (including phenoxy) is 1. The van der Waals surface area contributed by atoms with Gasteiger partial charge >= 0.3 is 0 Å². The van der Waals surface area contributed by atoms with Gasteiger partial charge in [-0.3, -0.25) is 4.79 Å².